The maximum atomic E-state index is 12.1. The summed E-state index contributed by atoms with van der Waals surface area (Å²) in [5, 5.41) is 0. The number of carbonyl (C=O) groups is 2. The van der Waals surface area contributed by atoms with Gasteiger partial charge in [-0.25, -0.2) is 0 Å². The van der Waals surface area contributed by atoms with Crippen LogP contribution in [0.25, 0.3) is 0 Å². The van der Waals surface area contributed by atoms with Crippen LogP contribution in [0.4, 0.5) is 0 Å². The van der Waals surface area contributed by atoms with Gasteiger partial charge >= 0.3 is 0 Å². The number of amides is 2. The second-order valence-corrected chi connectivity index (χ2v) is 5.50. The molecule has 5 nitrogen and oxygen atoms in total. The third-order valence-electron chi connectivity index (χ3n) is 4.03. The molecular weight excluding hydrogens is 218 g/mol. The molecule has 1 atom stereocenters. The Balaban J connectivity index is 1.69. The highest BCUT2D eigenvalue weighted by molar-refractivity contribution is 5.95. The van der Waals surface area contributed by atoms with Crippen molar-refractivity contribution in [2.45, 2.75) is 18.9 Å². The van der Waals surface area contributed by atoms with E-state index >= 15 is 0 Å². The monoisotopic (exact) mass is 237 g/mol. The lowest BCUT2D eigenvalue weighted by molar-refractivity contribution is -0.158. The van der Waals surface area contributed by atoms with Gasteiger partial charge in [-0.05, 0) is 18.8 Å². The zero-order valence-electron chi connectivity index (χ0n) is 10.3. The molecule has 1 saturated carbocycles. The van der Waals surface area contributed by atoms with Gasteiger partial charge in [0.1, 0.15) is 6.04 Å². The molecule has 0 N–H and O–H groups in total. The van der Waals surface area contributed by atoms with Crippen molar-refractivity contribution in [1.82, 2.24) is 14.7 Å². The predicted molar refractivity (Wildman–Crippen MR) is 62.3 cm³/mol. The fourth-order valence-electron chi connectivity index (χ4n) is 2.81. The zero-order chi connectivity index (χ0) is 12.0. The molecule has 94 valence electrons. The van der Waals surface area contributed by atoms with Crippen molar-refractivity contribution < 1.29 is 9.59 Å². The fraction of sp³-hybridized carbons (Fsp3) is 0.833. The number of fused-ring (bicyclic) bond motifs is 1. The minimum atomic E-state index is -0.228. The first-order valence-electron chi connectivity index (χ1n) is 6.42. The summed E-state index contributed by atoms with van der Waals surface area (Å²) in [6.45, 7) is 3.73. The van der Waals surface area contributed by atoms with E-state index in [4.69, 9.17) is 0 Å². The summed E-state index contributed by atoms with van der Waals surface area (Å²) in [6.07, 6.45) is 2.66. The molecule has 2 amide bonds. The van der Waals surface area contributed by atoms with Gasteiger partial charge < -0.3 is 9.80 Å². The van der Waals surface area contributed by atoms with Crippen LogP contribution >= 0.6 is 0 Å². The third-order valence-corrected chi connectivity index (χ3v) is 4.03. The quantitative estimate of drug-likeness (QED) is 0.643. The van der Waals surface area contributed by atoms with E-state index in [1.54, 1.807) is 16.8 Å². The number of hydrogen-bond acceptors (Lipinski definition) is 3. The first-order chi connectivity index (χ1) is 8.15. The topological polar surface area (TPSA) is 43.9 Å². The van der Waals surface area contributed by atoms with Gasteiger partial charge in [0, 0.05) is 33.2 Å². The minimum Gasteiger partial charge on any atom is -0.335 e. The molecule has 0 aromatic heterocycles. The van der Waals surface area contributed by atoms with Crippen molar-refractivity contribution >= 4 is 11.8 Å². The van der Waals surface area contributed by atoms with E-state index in [-0.39, 0.29) is 24.4 Å². The van der Waals surface area contributed by atoms with Crippen LogP contribution in [-0.2, 0) is 9.59 Å². The van der Waals surface area contributed by atoms with E-state index in [9.17, 15) is 9.59 Å². The van der Waals surface area contributed by atoms with Gasteiger partial charge in [-0.3, -0.25) is 14.5 Å². The van der Waals surface area contributed by atoms with E-state index in [1.807, 2.05) is 0 Å². The Hall–Kier alpha value is -1.10. The fourth-order valence-corrected chi connectivity index (χ4v) is 2.81. The van der Waals surface area contributed by atoms with Gasteiger partial charge in [0.05, 0.1) is 6.54 Å². The maximum absolute atomic E-state index is 12.1. The van der Waals surface area contributed by atoms with Crippen LogP contribution in [0.1, 0.15) is 12.8 Å². The number of rotatable bonds is 2. The summed E-state index contributed by atoms with van der Waals surface area (Å²) in [5.41, 5.74) is 0. The molecule has 0 bridgehead atoms. The highest BCUT2D eigenvalue weighted by Crippen LogP contribution is 2.30. The highest BCUT2D eigenvalue weighted by atomic mass is 16.2. The molecule has 3 fully saturated rings. The summed E-state index contributed by atoms with van der Waals surface area (Å²) in [7, 11) is 1.72. The Labute approximate surface area is 101 Å². The first kappa shape index (κ1) is 11.0. The summed E-state index contributed by atoms with van der Waals surface area (Å²) < 4.78 is 0. The molecule has 0 aromatic carbocycles. The SMILES string of the molecule is CN1CC(=O)N2CCN(CC3CC3)C[C@@H]2C1=O. The van der Waals surface area contributed by atoms with Crippen LogP contribution in [0.5, 0.6) is 0 Å². The largest absolute Gasteiger partial charge is 0.335 e. The average molecular weight is 237 g/mol. The Morgan fingerprint density at radius 1 is 1.24 bits per heavy atom. The number of hydrogen-bond donors (Lipinski definition) is 0. The number of likely N-dealkylation sites (N-methyl/N-ethyl adjacent to an activating group) is 1. The van der Waals surface area contributed by atoms with Crippen LogP contribution in [0.15, 0.2) is 0 Å². The summed E-state index contributed by atoms with van der Waals surface area (Å²) in [4.78, 5) is 29.6. The third kappa shape index (κ3) is 2.04. The Morgan fingerprint density at radius 3 is 2.71 bits per heavy atom. The van der Waals surface area contributed by atoms with Crippen molar-refractivity contribution in [2.75, 3.05) is 39.8 Å². The predicted octanol–water partition coefficient (Wildman–Crippen LogP) is -0.619. The van der Waals surface area contributed by atoms with Crippen LogP contribution in [0.3, 0.4) is 0 Å². The second-order valence-electron chi connectivity index (χ2n) is 5.50. The van der Waals surface area contributed by atoms with Gasteiger partial charge in [0.15, 0.2) is 0 Å². The molecule has 0 spiro atoms. The maximum Gasteiger partial charge on any atom is 0.246 e. The van der Waals surface area contributed by atoms with E-state index in [2.05, 4.69) is 4.90 Å². The summed E-state index contributed by atoms with van der Waals surface area (Å²) in [6, 6.07) is -0.228. The molecule has 2 heterocycles. The first-order valence-corrected chi connectivity index (χ1v) is 6.42. The Bertz CT molecular complexity index is 354. The van der Waals surface area contributed by atoms with E-state index in [0.717, 1.165) is 32.1 Å². The van der Waals surface area contributed by atoms with E-state index in [1.165, 1.54) is 12.8 Å². The molecular formula is C12H19N3O2. The van der Waals surface area contributed by atoms with Gasteiger partial charge in [-0.2, -0.15) is 0 Å². The molecule has 17 heavy (non-hydrogen) atoms. The molecule has 3 rings (SSSR count). The number of piperazine rings is 2. The number of carbonyl (C=O) groups excluding carboxylic acids is 2. The van der Waals surface area contributed by atoms with Crippen LogP contribution < -0.4 is 0 Å². The van der Waals surface area contributed by atoms with Crippen LogP contribution in [-0.4, -0.2) is 72.3 Å². The van der Waals surface area contributed by atoms with Crippen LogP contribution in [0.2, 0.25) is 0 Å². The summed E-state index contributed by atoms with van der Waals surface area (Å²) in [5.74, 6) is 1.04. The molecule has 2 saturated heterocycles. The Kier molecular flexibility index (Phi) is 2.58. The molecule has 3 aliphatic rings. The van der Waals surface area contributed by atoms with E-state index < -0.39 is 0 Å². The van der Waals surface area contributed by atoms with Gasteiger partial charge in [0.2, 0.25) is 11.8 Å². The summed E-state index contributed by atoms with van der Waals surface area (Å²) >= 11 is 0. The highest BCUT2D eigenvalue weighted by Gasteiger charge is 2.41. The number of nitrogens with zero attached hydrogens (tertiary/aromatic N) is 3. The van der Waals surface area contributed by atoms with Gasteiger partial charge in [-0.15, -0.1) is 0 Å². The molecule has 5 heteroatoms. The second kappa shape index (κ2) is 3.98. The lowest BCUT2D eigenvalue weighted by atomic mass is 10.1. The lowest BCUT2D eigenvalue weighted by Crippen LogP contribution is -2.66. The molecule has 0 radical (unpaired) electrons. The lowest BCUT2D eigenvalue weighted by Gasteiger charge is -2.45. The zero-order valence-corrected chi connectivity index (χ0v) is 10.3. The van der Waals surface area contributed by atoms with E-state index in [0.29, 0.717) is 0 Å². The van der Waals surface area contributed by atoms with Crippen molar-refractivity contribution in [2.24, 2.45) is 5.92 Å². The molecule has 1 aliphatic carbocycles. The molecule has 0 unspecified atom stereocenters. The van der Waals surface area contributed by atoms with Crippen molar-refractivity contribution in [3.05, 3.63) is 0 Å². The minimum absolute atomic E-state index is 0.100. The average Bonchev–Trinajstić information content (AvgIpc) is 3.10. The Morgan fingerprint density at radius 2 is 2.00 bits per heavy atom. The van der Waals surface area contributed by atoms with Crippen LogP contribution in [0, 0.1) is 5.92 Å². The molecule has 2 aliphatic heterocycles. The van der Waals surface area contributed by atoms with Crippen molar-refractivity contribution in [1.29, 1.82) is 0 Å². The van der Waals surface area contributed by atoms with Gasteiger partial charge in [0.25, 0.3) is 0 Å². The van der Waals surface area contributed by atoms with Gasteiger partial charge in [-0.1, -0.05) is 0 Å². The standard InChI is InChI=1S/C12H19N3O2/c1-13-8-11(16)15-5-4-14(6-9-2-3-9)7-10(15)12(13)17/h9-10H,2-8H2,1H3/t10-/m1/s1. The molecule has 0 aromatic rings. The van der Waals surface area contributed by atoms with Crippen molar-refractivity contribution in [3.63, 3.8) is 0 Å². The smallest absolute Gasteiger partial charge is 0.246 e. The normalized spacial score (nSPS) is 30.8. The van der Waals surface area contributed by atoms with Crippen molar-refractivity contribution in [3.8, 4) is 0 Å².